The fourth-order valence-corrected chi connectivity index (χ4v) is 5.05. The number of piperazine rings is 1. The van der Waals surface area contributed by atoms with Crippen LogP contribution < -0.4 is 5.32 Å². The Balaban J connectivity index is 1.56. The molecule has 31 heavy (non-hydrogen) atoms. The summed E-state index contributed by atoms with van der Waals surface area (Å²) in [5.74, 6) is -0.764. The molecule has 11 heteroatoms. The third-order valence-corrected chi connectivity index (χ3v) is 7.03. The van der Waals surface area contributed by atoms with Gasteiger partial charge in [-0.3, -0.25) is 9.69 Å². The van der Waals surface area contributed by atoms with Crippen LogP contribution in [0.5, 0.6) is 0 Å². The van der Waals surface area contributed by atoms with Crippen LogP contribution in [0.25, 0.3) is 0 Å². The Morgan fingerprint density at radius 3 is 2.26 bits per heavy atom. The first-order valence-corrected chi connectivity index (χ1v) is 11.4. The first kappa shape index (κ1) is 23.5. The molecule has 0 saturated carbocycles. The van der Waals surface area contributed by atoms with Crippen molar-refractivity contribution < 1.29 is 26.4 Å². The molecule has 168 valence electrons. The number of anilines is 1. The van der Waals surface area contributed by atoms with Crippen LogP contribution in [-0.4, -0.2) is 56.3 Å². The van der Waals surface area contributed by atoms with Crippen LogP contribution in [0.3, 0.4) is 0 Å². The maximum Gasteiger partial charge on any atom is 0.418 e. The molecule has 0 radical (unpaired) electrons. The second kappa shape index (κ2) is 9.56. The van der Waals surface area contributed by atoms with E-state index in [9.17, 15) is 26.4 Å². The Morgan fingerprint density at radius 2 is 1.65 bits per heavy atom. The second-order valence-electron chi connectivity index (χ2n) is 7.13. The van der Waals surface area contributed by atoms with Gasteiger partial charge in [0.2, 0.25) is 15.9 Å². The summed E-state index contributed by atoms with van der Waals surface area (Å²) in [4.78, 5) is 14.0. The molecule has 1 saturated heterocycles. The van der Waals surface area contributed by atoms with Gasteiger partial charge in [0.15, 0.2) is 0 Å². The van der Waals surface area contributed by atoms with Crippen molar-refractivity contribution in [1.82, 2.24) is 9.21 Å². The lowest BCUT2D eigenvalue weighted by molar-refractivity contribution is -0.137. The highest BCUT2D eigenvalue weighted by Gasteiger charge is 2.35. The number of nitrogens with one attached hydrogen (secondary N) is 1. The Bertz CT molecular complexity index is 1020. The van der Waals surface area contributed by atoms with Crippen molar-refractivity contribution in [2.24, 2.45) is 0 Å². The topological polar surface area (TPSA) is 69.7 Å². The van der Waals surface area contributed by atoms with E-state index in [1.54, 1.807) is 35.2 Å². The minimum atomic E-state index is -4.66. The van der Waals surface area contributed by atoms with E-state index in [1.807, 2.05) is 0 Å². The van der Waals surface area contributed by atoms with Gasteiger partial charge in [-0.1, -0.05) is 48.0 Å². The first-order valence-electron chi connectivity index (χ1n) is 9.46. The normalized spacial score (nSPS) is 16.3. The number of carbonyl (C=O) groups is 1. The van der Waals surface area contributed by atoms with Gasteiger partial charge in [-0.25, -0.2) is 8.42 Å². The largest absolute Gasteiger partial charge is 0.418 e. The van der Waals surface area contributed by atoms with Crippen molar-refractivity contribution in [1.29, 1.82) is 0 Å². The SMILES string of the molecule is O=C(CN1CCN(S(=O)(=O)Cc2ccccc2)CC1)Nc1c(Cl)cccc1C(F)(F)F. The van der Waals surface area contributed by atoms with Crippen molar-refractivity contribution in [2.75, 3.05) is 38.0 Å². The van der Waals surface area contributed by atoms with E-state index < -0.39 is 33.4 Å². The maximum atomic E-state index is 13.2. The van der Waals surface area contributed by atoms with Gasteiger partial charge in [0, 0.05) is 26.2 Å². The lowest BCUT2D eigenvalue weighted by atomic mass is 10.1. The standard InChI is InChI=1S/C20H21ClF3N3O3S/c21-17-8-4-7-16(20(22,23)24)19(17)25-18(28)13-26-9-11-27(12-10-26)31(29,30)14-15-5-2-1-3-6-15/h1-8H,9-14H2,(H,25,28). The van der Waals surface area contributed by atoms with E-state index in [1.165, 1.54) is 10.4 Å². The zero-order valence-electron chi connectivity index (χ0n) is 16.4. The number of carbonyl (C=O) groups excluding carboxylic acids is 1. The minimum Gasteiger partial charge on any atom is -0.323 e. The van der Waals surface area contributed by atoms with Crippen molar-refractivity contribution in [3.05, 3.63) is 64.7 Å². The molecule has 3 rings (SSSR count). The number of hydrogen-bond acceptors (Lipinski definition) is 4. The minimum absolute atomic E-state index is 0.110. The number of sulfonamides is 1. The fraction of sp³-hybridized carbons (Fsp3) is 0.350. The summed E-state index contributed by atoms with van der Waals surface area (Å²) < 4.78 is 66.1. The van der Waals surface area contributed by atoms with Crippen LogP contribution in [0, 0.1) is 0 Å². The zero-order valence-corrected chi connectivity index (χ0v) is 18.0. The average molecular weight is 476 g/mol. The predicted molar refractivity (Wildman–Crippen MR) is 112 cm³/mol. The van der Waals surface area contributed by atoms with Gasteiger partial charge in [-0.2, -0.15) is 17.5 Å². The molecular weight excluding hydrogens is 455 g/mol. The molecule has 1 aliphatic heterocycles. The second-order valence-corrected chi connectivity index (χ2v) is 9.50. The fourth-order valence-electron chi connectivity index (χ4n) is 3.31. The molecular formula is C20H21ClF3N3O3S. The number of alkyl halides is 3. The van der Waals surface area contributed by atoms with E-state index in [-0.39, 0.29) is 43.5 Å². The van der Waals surface area contributed by atoms with Gasteiger partial charge >= 0.3 is 6.18 Å². The third-order valence-electron chi connectivity index (χ3n) is 4.87. The molecule has 2 aromatic rings. The Labute approximate surface area is 183 Å². The van der Waals surface area contributed by atoms with E-state index in [0.717, 1.165) is 12.1 Å². The molecule has 1 aliphatic rings. The van der Waals surface area contributed by atoms with Gasteiger partial charge < -0.3 is 5.32 Å². The number of para-hydroxylation sites is 1. The Kier molecular flexibility index (Phi) is 7.25. The first-order chi connectivity index (χ1) is 14.6. The van der Waals surface area contributed by atoms with Crippen LogP contribution in [0.15, 0.2) is 48.5 Å². The predicted octanol–water partition coefficient (Wildman–Crippen LogP) is 3.44. The van der Waals surface area contributed by atoms with Crippen molar-refractivity contribution >= 4 is 33.2 Å². The van der Waals surface area contributed by atoms with Crippen molar-refractivity contribution in [3.63, 3.8) is 0 Å². The molecule has 1 fully saturated rings. The van der Waals surface area contributed by atoms with Gasteiger partial charge in [0.1, 0.15) is 0 Å². The summed E-state index contributed by atoms with van der Waals surface area (Å²) in [7, 11) is -3.50. The molecule has 0 spiro atoms. The highest BCUT2D eigenvalue weighted by atomic mass is 35.5. The van der Waals surface area contributed by atoms with E-state index >= 15 is 0 Å². The quantitative estimate of drug-likeness (QED) is 0.695. The maximum absolute atomic E-state index is 13.2. The summed E-state index contributed by atoms with van der Waals surface area (Å²) in [5.41, 5.74) is -0.819. The summed E-state index contributed by atoms with van der Waals surface area (Å²) in [5, 5.41) is 2.03. The summed E-state index contributed by atoms with van der Waals surface area (Å²) >= 11 is 5.86. The molecule has 1 N–H and O–H groups in total. The van der Waals surface area contributed by atoms with Crippen LogP contribution in [0.1, 0.15) is 11.1 Å². The lowest BCUT2D eigenvalue weighted by Crippen LogP contribution is -2.50. The molecule has 0 unspecified atom stereocenters. The molecule has 0 aromatic heterocycles. The molecule has 2 aromatic carbocycles. The molecule has 0 aliphatic carbocycles. The smallest absolute Gasteiger partial charge is 0.323 e. The Morgan fingerprint density at radius 1 is 1.00 bits per heavy atom. The number of hydrogen-bond donors (Lipinski definition) is 1. The molecule has 6 nitrogen and oxygen atoms in total. The lowest BCUT2D eigenvalue weighted by Gasteiger charge is -2.33. The number of amides is 1. The van der Waals surface area contributed by atoms with Gasteiger partial charge in [-0.05, 0) is 17.7 Å². The van der Waals surface area contributed by atoms with Crippen LogP contribution in [-0.2, 0) is 26.7 Å². The number of halogens is 4. The highest BCUT2D eigenvalue weighted by Crippen LogP contribution is 2.38. The number of benzene rings is 2. The number of nitrogens with zero attached hydrogens (tertiary/aromatic N) is 2. The van der Waals surface area contributed by atoms with Crippen molar-refractivity contribution in [2.45, 2.75) is 11.9 Å². The Hall–Kier alpha value is -2.14. The summed E-state index contributed by atoms with van der Waals surface area (Å²) in [6, 6.07) is 12.1. The highest BCUT2D eigenvalue weighted by molar-refractivity contribution is 7.88. The van der Waals surface area contributed by atoms with Crippen LogP contribution in [0.2, 0.25) is 5.02 Å². The summed E-state index contributed by atoms with van der Waals surface area (Å²) in [6.07, 6.45) is -4.66. The van der Waals surface area contributed by atoms with Crippen molar-refractivity contribution in [3.8, 4) is 0 Å². The van der Waals surface area contributed by atoms with Gasteiger partial charge in [-0.15, -0.1) is 0 Å². The molecule has 0 bridgehead atoms. The zero-order chi connectivity index (χ0) is 22.6. The van der Waals surface area contributed by atoms with E-state index in [4.69, 9.17) is 11.6 Å². The summed E-state index contributed by atoms with van der Waals surface area (Å²) in [6.45, 7) is 0.798. The van der Waals surface area contributed by atoms with Crippen LogP contribution >= 0.6 is 11.6 Å². The van der Waals surface area contributed by atoms with E-state index in [0.29, 0.717) is 5.56 Å². The number of rotatable bonds is 6. The average Bonchev–Trinajstić information content (AvgIpc) is 2.69. The van der Waals surface area contributed by atoms with Gasteiger partial charge in [0.05, 0.1) is 28.6 Å². The molecule has 1 amide bonds. The monoisotopic (exact) mass is 475 g/mol. The molecule has 1 heterocycles. The van der Waals surface area contributed by atoms with Crippen LogP contribution in [0.4, 0.5) is 18.9 Å². The molecule has 0 atom stereocenters. The third kappa shape index (κ3) is 6.19. The van der Waals surface area contributed by atoms with Gasteiger partial charge in [0.25, 0.3) is 0 Å². The van der Waals surface area contributed by atoms with E-state index in [2.05, 4.69) is 5.32 Å².